The number of rotatable bonds is 4. The van der Waals surface area contributed by atoms with Gasteiger partial charge in [0, 0.05) is 25.4 Å². The number of nitrogens with zero attached hydrogens (tertiary/aromatic N) is 2. The van der Waals surface area contributed by atoms with Crippen molar-refractivity contribution in [3.63, 3.8) is 0 Å². The van der Waals surface area contributed by atoms with Crippen LogP contribution in [0.3, 0.4) is 0 Å². The van der Waals surface area contributed by atoms with Crippen molar-refractivity contribution >= 4 is 23.2 Å². The highest BCUT2D eigenvalue weighted by molar-refractivity contribution is 7.15. The summed E-state index contributed by atoms with van der Waals surface area (Å²) < 4.78 is 0. The third-order valence-electron chi connectivity index (χ3n) is 2.35. The maximum absolute atomic E-state index is 12.0. The van der Waals surface area contributed by atoms with E-state index in [1.165, 1.54) is 17.0 Å². The zero-order valence-corrected chi connectivity index (χ0v) is 10.4. The molecule has 0 aliphatic rings. The normalized spacial score (nSPS) is 10.3. The lowest BCUT2D eigenvalue weighted by molar-refractivity contribution is 0.0701. The van der Waals surface area contributed by atoms with Gasteiger partial charge in [0.25, 0.3) is 5.91 Å². The Balaban J connectivity index is 2.08. The van der Waals surface area contributed by atoms with E-state index < -0.39 is 5.97 Å². The summed E-state index contributed by atoms with van der Waals surface area (Å²) in [4.78, 5) is 24.8. The van der Waals surface area contributed by atoms with E-state index in [0.29, 0.717) is 11.4 Å². The Bertz CT molecular complexity index is 562. The highest BCUT2D eigenvalue weighted by atomic mass is 32.1. The van der Waals surface area contributed by atoms with E-state index in [0.717, 1.165) is 16.9 Å². The first-order valence-electron chi connectivity index (χ1n) is 5.14. The van der Waals surface area contributed by atoms with E-state index in [1.54, 1.807) is 19.4 Å². The number of hydrogen-bond donors (Lipinski definition) is 2. The zero-order valence-electron chi connectivity index (χ0n) is 9.58. The Hall–Kier alpha value is -2.15. The van der Waals surface area contributed by atoms with Crippen molar-refractivity contribution in [3.8, 4) is 0 Å². The number of carboxylic acids is 1. The number of aromatic amines is 1. The predicted molar refractivity (Wildman–Crippen MR) is 65.7 cm³/mol. The van der Waals surface area contributed by atoms with Crippen LogP contribution in [0, 0.1) is 0 Å². The lowest BCUT2D eigenvalue weighted by Gasteiger charge is -2.14. The van der Waals surface area contributed by atoms with Crippen LogP contribution < -0.4 is 0 Å². The Morgan fingerprint density at radius 2 is 2.17 bits per heavy atom. The predicted octanol–water partition coefficient (Wildman–Crippen LogP) is 1.44. The first kappa shape index (κ1) is 12.3. The van der Waals surface area contributed by atoms with Gasteiger partial charge in [0.2, 0.25) is 0 Å². The third-order valence-corrected chi connectivity index (χ3v) is 3.41. The molecule has 2 aromatic heterocycles. The molecule has 2 aromatic rings. The van der Waals surface area contributed by atoms with Gasteiger partial charge in [0.15, 0.2) is 0 Å². The fraction of sp³-hybridized carbons (Fsp3) is 0.182. The lowest BCUT2D eigenvalue weighted by atomic mass is 10.3. The number of carbonyl (C=O) groups excluding carboxylic acids is 1. The molecule has 2 heterocycles. The minimum Gasteiger partial charge on any atom is -0.477 e. The van der Waals surface area contributed by atoms with Crippen molar-refractivity contribution < 1.29 is 14.7 Å². The van der Waals surface area contributed by atoms with Crippen LogP contribution in [0.2, 0.25) is 0 Å². The summed E-state index contributed by atoms with van der Waals surface area (Å²) in [5.41, 5.74) is 0.890. The van der Waals surface area contributed by atoms with Gasteiger partial charge in [-0.15, -0.1) is 11.3 Å². The largest absolute Gasteiger partial charge is 0.477 e. The average molecular weight is 265 g/mol. The summed E-state index contributed by atoms with van der Waals surface area (Å²) in [5, 5.41) is 15.3. The Morgan fingerprint density at radius 1 is 1.44 bits per heavy atom. The van der Waals surface area contributed by atoms with Gasteiger partial charge < -0.3 is 10.0 Å². The number of thiophene rings is 1. The van der Waals surface area contributed by atoms with E-state index in [2.05, 4.69) is 10.2 Å². The summed E-state index contributed by atoms with van der Waals surface area (Å²) in [6.45, 7) is 0.426. The first-order valence-corrected chi connectivity index (χ1v) is 5.96. The molecule has 6 nitrogen and oxygen atoms in total. The topological polar surface area (TPSA) is 86.3 Å². The van der Waals surface area contributed by atoms with Gasteiger partial charge in [-0.2, -0.15) is 5.10 Å². The standard InChI is InChI=1S/C11H11N3O3S/c1-14(6-7-4-12-13-5-7)10(15)8-2-3-9(18-8)11(16)17/h2-5H,6H2,1H3,(H,12,13)(H,16,17). The smallest absolute Gasteiger partial charge is 0.345 e. The molecule has 0 fully saturated rings. The third kappa shape index (κ3) is 2.57. The number of carbonyl (C=O) groups is 2. The van der Waals surface area contributed by atoms with Crippen LogP contribution in [0.25, 0.3) is 0 Å². The zero-order chi connectivity index (χ0) is 13.1. The number of amides is 1. The summed E-state index contributed by atoms with van der Waals surface area (Å²) in [6.07, 6.45) is 3.35. The molecule has 18 heavy (non-hydrogen) atoms. The van der Waals surface area contributed by atoms with Gasteiger partial charge in [-0.05, 0) is 12.1 Å². The highest BCUT2D eigenvalue weighted by Gasteiger charge is 2.16. The maximum atomic E-state index is 12.0. The molecule has 0 aliphatic heterocycles. The second-order valence-electron chi connectivity index (χ2n) is 3.74. The lowest BCUT2D eigenvalue weighted by Crippen LogP contribution is -2.25. The van der Waals surface area contributed by atoms with Gasteiger partial charge >= 0.3 is 5.97 Å². The molecule has 0 radical (unpaired) electrons. The van der Waals surface area contributed by atoms with E-state index >= 15 is 0 Å². The summed E-state index contributed by atoms with van der Waals surface area (Å²) in [5.74, 6) is -1.22. The van der Waals surface area contributed by atoms with Crippen molar-refractivity contribution in [3.05, 3.63) is 39.8 Å². The van der Waals surface area contributed by atoms with Crippen molar-refractivity contribution in [1.82, 2.24) is 15.1 Å². The van der Waals surface area contributed by atoms with E-state index in [4.69, 9.17) is 5.11 Å². The van der Waals surface area contributed by atoms with Crippen LogP contribution in [-0.4, -0.2) is 39.1 Å². The highest BCUT2D eigenvalue weighted by Crippen LogP contribution is 2.18. The molecule has 2 rings (SSSR count). The second-order valence-corrected chi connectivity index (χ2v) is 4.82. The fourth-order valence-electron chi connectivity index (χ4n) is 1.47. The molecular weight excluding hydrogens is 254 g/mol. The van der Waals surface area contributed by atoms with Crippen LogP contribution in [0.4, 0.5) is 0 Å². The van der Waals surface area contributed by atoms with Crippen molar-refractivity contribution in [1.29, 1.82) is 0 Å². The molecule has 0 saturated heterocycles. The fourth-order valence-corrected chi connectivity index (χ4v) is 2.31. The maximum Gasteiger partial charge on any atom is 0.345 e. The molecule has 0 aromatic carbocycles. The van der Waals surface area contributed by atoms with Crippen LogP contribution in [0.15, 0.2) is 24.5 Å². The summed E-state index contributed by atoms with van der Waals surface area (Å²) in [7, 11) is 1.66. The Morgan fingerprint density at radius 3 is 2.72 bits per heavy atom. The molecule has 7 heteroatoms. The number of aromatic nitrogens is 2. The molecule has 1 amide bonds. The van der Waals surface area contributed by atoms with E-state index in [9.17, 15) is 9.59 Å². The Kier molecular flexibility index (Phi) is 3.42. The number of hydrogen-bond acceptors (Lipinski definition) is 4. The van der Waals surface area contributed by atoms with Gasteiger partial charge in [-0.1, -0.05) is 0 Å². The van der Waals surface area contributed by atoms with Gasteiger partial charge in [0.05, 0.1) is 11.1 Å². The molecule has 2 N–H and O–H groups in total. The van der Waals surface area contributed by atoms with Gasteiger partial charge in [-0.3, -0.25) is 9.89 Å². The number of H-pyrrole nitrogens is 1. The van der Waals surface area contributed by atoms with Crippen molar-refractivity contribution in [2.75, 3.05) is 7.05 Å². The Labute approximate surface area is 107 Å². The van der Waals surface area contributed by atoms with E-state index in [1.807, 2.05) is 0 Å². The minimum absolute atomic E-state index is 0.162. The summed E-state index contributed by atoms with van der Waals surface area (Å²) in [6, 6.07) is 2.97. The molecule has 94 valence electrons. The molecular formula is C11H11N3O3S. The molecule has 0 aliphatic carbocycles. The molecule has 0 bridgehead atoms. The second kappa shape index (κ2) is 5.01. The van der Waals surface area contributed by atoms with E-state index in [-0.39, 0.29) is 10.8 Å². The van der Waals surface area contributed by atoms with Crippen LogP contribution in [0.1, 0.15) is 24.9 Å². The monoisotopic (exact) mass is 265 g/mol. The number of aromatic carboxylic acids is 1. The molecule has 0 unspecified atom stereocenters. The molecule has 0 spiro atoms. The van der Waals surface area contributed by atoms with Gasteiger partial charge in [0.1, 0.15) is 4.88 Å². The molecule has 0 saturated carbocycles. The van der Waals surface area contributed by atoms with Crippen molar-refractivity contribution in [2.24, 2.45) is 0 Å². The van der Waals surface area contributed by atoms with Crippen LogP contribution >= 0.6 is 11.3 Å². The molecule has 0 atom stereocenters. The SMILES string of the molecule is CN(Cc1cn[nH]c1)C(=O)c1ccc(C(=O)O)s1. The minimum atomic E-state index is -1.02. The average Bonchev–Trinajstić information content (AvgIpc) is 2.98. The van der Waals surface area contributed by atoms with Crippen molar-refractivity contribution in [2.45, 2.75) is 6.54 Å². The van der Waals surface area contributed by atoms with Crippen LogP contribution in [-0.2, 0) is 6.54 Å². The summed E-state index contributed by atoms with van der Waals surface area (Å²) >= 11 is 0.976. The quantitative estimate of drug-likeness (QED) is 0.875. The first-order chi connectivity index (χ1) is 8.58. The number of nitrogens with one attached hydrogen (secondary N) is 1. The number of carboxylic acid groups (broad SMARTS) is 1. The van der Waals surface area contributed by atoms with Crippen LogP contribution in [0.5, 0.6) is 0 Å². The van der Waals surface area contributed by atoms with Gasteiger partial charge in [-0.25, -0.2) is 4.79 Å².